The van der Waals surface area contributed by atoms with E-state index in [2.05, 4.69) is 34.6 Å². The van der Waals surface area contributed by atoms with E-state index in [4.69, 9.17) is 0 Å². The topological polar surface area (TPSA) is 0 Å². The van der Waals surface area contributed by atoms with Crippen LogP contribution in [0.5, 0.6) is 0 Å². The van der Waals surface area contributed by atoms with Gasteiger partial charge in [0.15, 0.2) is 0 Å². The maximum absolute atomic E-state index is 2.53. The molecule has 0 amide bonds. The highest BCUT2D eigenvalue weighted by atomic mass is 14.6. The number of rotatable bonds is 1. The Morgan fingerprint density at radius 1 is 1.15 bits per heavy atom. The van der Waals surface area contributed by atoms with Crippen LogP contribution < -0.4 is 0 Å². The molecule has 2 aliphatic rings. The first-order valence-corrected chi connectivity index (χ1v) is 5.88. The highest BCUT2D eigenvalue weighted by molar-refractivity contribution is 5.08. The van der Waals surface area contributed by atoms with Crippen LogP contribution in [0, 0.1) is 28.6 Å². The Morgan fingerprint density at radius 3 is 2.08 bits per heavy atom. The molecule has 2 unspecified atom stereocenters. The highest BCUT2D eigenvalue weighted by Crippen LogP contribution is 2.67. The summed E-state index contributed by atoms with van der Waals surface area (Å²) in [5.74, 6) is 2.84. The zero-order valence-electron chi connectivity index (χ0n) is 9.85. The molecule has 76 valence electrons. The molecule has 0 N–H and O–H groups in total. The van der Waals surface area contributed by atoms with E-state index in [-0.39, 0.29) is 0 Å². The Labute approximate surface area is 83.1 Å². The van der Waals surface area contributed by atoms with Crippen LogP contribution in [0.2, 0.25) is 0 Å². The second-order valence-corrected chi connectivity index (χ2v) is 6.64. The summed E-state index contributed by atoms with van der Waals surface area (Å²) in [7, 11) is 0. The summed E-state index contributed by atoms with van der Waals surface area (Å²) in [6.45, 7) is 12.4. The van der Waals surface area contributed by atoms with Crippen molar-refractivity contribution in [3.8, 4) is 0 Å². The molecule has 2 aliphatic carbocycles. The first-order valence-electron chi connectivity index (χ1n) is 5.88. The molecule has 2 rings (SSSR count). The fourth-order valence-corrected chi connectivity index (χ4v) is 5.00. The third-order valence-electron chi connectivity index (χ3n) is 5.05. The average Bonchev–Trinajstić information content (AvgIpc) is 2.36. The molecule has 0 aromatic rings. The highest BCUT2D eigenvalue weighted by Gasteiger charge is 2.59. The van der Waals surface area contributed by atoms with Crippen LogP contribution in [0.4, 0.5) is 0 Å². The molecule has 2 bridgehead atoms. The van der Waals surface area contributed by atoms with E-state index in [0.29, 0.717) is 10.8 Å². The molecular formula is C13H24. The molecular weight excluding hydrogens is 156 g/mol. The van der Waals surface area contributed by atoms with Gasteiger partial charge in [-0.2, -0.15) is 0 Å². The molecule has 0 aliphatic heterocycles. The fourth-order valence-electron chi connectivity index (χ4n) is 5.00. The number of fused-ring (bicyclic) bond motifs is 2. The lowest BCUT2D eigenvalue weighted by atomic mass is 9.60. The summed E-state index contributed by atoms with van der Waals surface area (Å²) in [5, 5.41) is 0. The van der Waals surface area contributed by atoms with E-state index < -0.39 is 0 Å². The normalized spacial score (nSPS) is 47.5. The van der Waals surface area contributed by atoms with Crippen molar-refractivity contribution in [3.63, 3.8) is 0 Å². The maximum Gasteiger partial charge on any atom is -0.0283 e. The molecule has 0 saturated heterocycles. The van der Waals surface area contributed by atoms with Crippen LogP contribution in [0.15, 0.2) is 0 Å². The van der Waals surface area contributed by atoms with Gasteiger partial charge in [0.2, 0.25) is 0 Å². The summed E-state index contributed by atoms with van der Waals surface area (Å²) in [4.78, 5) is 0. The molecule has 2 fully saturated rings. The lowest BCUT2D eigenvalue weighted by Crippen LogP contribution is -2.38. The van der Waals surface area contributed by atoms with E-state index in [0.717, 1.165) is 17.8 Å². The standard InChI is InChI=1S/C13H24/c1-9(2)11-12(3,4)10-6-7-13(11,5)8-10/h9-11H,6-8H2,1-5H3/t10?,11-,13?/m1/s1. The van der Waals surface area contributed by atoms with Crippen LogP contribution in [0.25, 0.3) is 0 Å². The maximum atomic E-state index is 2.53. The molecule has 0 heterocycles. The van der Waals surface area contributed by atoms with Gasteiger partial charge in [0.25, 0.3) is 0 Å². The second kappa shape index (κ2) is 2.52. The van der Waals surface area contributed by atoms with Crippen LogP contribution in [-0.2, 0) is 0 Å². The van der Waals surface area contributed by atoms with E-state index in [1.165, 1.54) is 19.3 Å². The molecule has 0 aromatic heterocycles. The van der Waals surface area contributed by atoms with Crippen LogP contribution in [-0.4, -0.2) is 0 Å². The molecule has 0 spiro atoms. The van der Waals surface area contributed by atoms with Gasteiger partial charge in [-0.05, 0) is 47.8 Å². The zero-order chi connectivity index (χ0) is 9.85. The molecule has 2 saturated carbocycles. The minimum atomic E-state index is 0.612. The zero-order valence-corrected chi connectivity index (χ0v) is 9.85. The Kier molecular flexibility index (Phi) is 1.85. The Balaban J connectivity index is 2.34. The van der Waals surface area contributed by atoms with Crippen molar-refractivity contribution < 1.29 is 0 Å². The van der Waals surface area contributed by atoms with E-state index in [9.17, 15) is 0 Å². The monoisotopic (exact) mass is 180 g/mol. The molecule has 3 atom stereocenters. The van der Waals surface area contributed by atoms with Crippen LogP contribution in [0.1, 0.15) is 53.9 Å². The fraction of sp³-hybridized carbons (Fsp3) is 1.00. The van der Waals surface area contributed by atoms with Crippen molar-refractivity contribution in [1.82, 2.24) is 0 Å². The lowest BCUT2D eigenvalue weighted by Gasteiger charge is -2.45. The van der Waals surface area contributed by atoms with Crippen LogP contribution in [0.3, 0.4) is 0 Å². The smallest absolute Gasteiger partial charge is 0.0283 e. The third kappa shape index (κ3) is 1.10. The minimum absolute atomic E-state index is 0.612. The summed E-state index contributed by atoms with van der Waals surface area (Å²) in [5.41, 5.74) is 1.30. The van der Waals surface area contributed by atoms with E-state index >= 15 is 0 Å². The Hall–Kier alpha value is 0. The van der Waals surface area contributed by atoms with Gasteiger partial charge in [-0.3, -0.25) is 0 Å². The molecule has 13 heavy (non-hydrogen) atoms. The summed E-state index contributed by atoms with van der Waals surface area (Å²) < 4.78 is 0. The van der Waals surface area contributed by atoms with Crippen molar-refractivity contribution in [2.45, 2.75) is 53.9 Å². The van der Waals surface area contributed by atoms with Gasteiger partial charge in [0.05, 0.1) is 0 Å². The van der Waals surface area contributed by atoms with Gasteiger partial charge >= 0.3 is 0 Å². The van der Waals surface area contributed by atoms with Crippen molar-refractivity contribution in [1.29, 1.82) is 0 Å². The van der Waals surface area contributed by atoms with Gasteiger partial charge in [-0.15, -0.1) is 0 Å². The molecule has 0 nitrogen and oxygen atoms in total. The average molecular weight is 180 g/mol. The van der Waals surface area contributed by atoms with Crippen molar-refractivity contribution in [2.75, 3.05) is 0 Å². The molecule has 0 heteroatoms. The van der Waals surface area contributed by atoms with Crippen molar-refractivity contribution in [3.05, 3.63) is 0 Å². The quantitative estimate of drug-likeness (QED) is 0.570. The largest absolute Gasteiger partial charge is 0.0625 e. The predicted molar refractivity (Wildman–Crippen MR) is 57.6 cm³/mol. The van der Waals surface area contributed by atoms with E-state index in [1.807, 2.05) is 0 Å². The van der Waals surface area contributed by atoms with Gasteiger partial charge in [0, 0.05) is 0 Å². The summed E-state index contributed by atoms with van der Waals surface area (Å²) >= 11 is 0. The SMILES string of the molecule is CC(C)[C@H]1C2(C)CCC(C2)C1(C)C. The Morgan fingerprint density at radius 2 is 1.77 bits per heavy atom. The van der Waals surface area contributed by atoms with Gasteiger partial charge in [-0.25, -0.2) is 0 Å². The Bertz CT molecular complexity index is 209. The summed E-state index contributed by atoms with van der Waals surface area (Å²) in [6, 6.07) is 0. The van der Waals surface area contributed by atoms with E-state index in [1.54, 1.807) is 0 Å². The first-order chi connectivity index (χ1) is 5.88. The lowest BCUT2D eigenvalue weighted by molar-refractivity contribution is 0.0366. The first kappa shape index (κ1) is 9.55. The van der Waals surface area contributed by atoms with Gasteiger partial charge in [0.1, 0.15) is 0 Å². The van der Waals surface area contributed by atoms with Gasteiger partial charge < -0.3 is 0 Å². The number of hydrogen-bond donors (Lipinski definition) is 0. The predicted octanol–water partition coefficient (Wildman–Crippen LogP) is 4.10. The molecule has 0 radical (unpaired) electrons. The van der Waals surface area contributed by atoms with Crippen LogP contribution >= 0.6 is 0 Å². The third-order valence-corrected chi connectivity index (χ3v) is 5.05. The minimum Gasteiger partial charge on any atom is -0.0625 e. The van der Waals surface area contributed by atoms with Gasteiger partial charge in [-0.1, -0.05) is 34.6 Å². The second-order valence-electron chi connectivity index (χ2n) is 6.64. The van der Waals surface area contributed by atoms with Crippen molar-refractivity contribution in [2.24, 2.45) is 28.6 Å². The summed E-state index contributed by atoms with van der Waals surface area (Å²) in [6.07, 6.45) is 4.49. The van der Waals surface area contributed by atoms with Crippen molar-refractivity contribution >= 4 is 0 Å². The molecule has 0 aromatic carbocycles. The number of hydrogen-bond acceptors (Lipinski definition) is 0.